The number of nitrogens with one attached hydrogen (secondary N) is 1. The highest BCUT2D eigenvalue weighted by Crippen LogP contribution is 2.20. The third-order valence-corrected chi connectivity index (χ3v) is 3.97. The van der Waals surface area contributed by atoms with E-state index in [1.165, 1.54) is 0 Å². The number of amides is 1. The summed E-state index contributed by atoms with van der Waals surface area (Å²) < 4.78 is 0. The molecule has 118 valence electrons. The van der Waals surface area contributed by atoms with E-state index in [4.69, 9.17) is 0 Å². The van der Waals surface area contributed by atoms with Crippen molar-refractivity contribution < 1.29 is 4.79 Å². The van der Waals surface area contributed by atoms with Crippen LogP contribution in [0.4, 0.5) is 0 Å². The summed E-state index contributed by atoms with van der Waals surface area (Å²) in [6, 6.07) is 8.07. The van der Waals surface area contributed by atoms with Crippen LogP contribution in [0.25, 0.3) is 10.8 Å². The fourth-order valence-electron chi connectivity index (χ4n) is 2.80. The van der Waals surface area contributed by atoms with Crippen LogP contribution in [0.15, 0.2) is 42.9 Å². The van der Waals surface area contributed by atoms with E-state index in [1.807, 2.05) is 31.4 Å². The normalized spacial score (nSPS) is 10.9. The SMILES string of the molecule is CCCc1[nH]ncc1C(=O)N(C)Cc1cccc2cnccc12. The van der Waals surface area contributed by atoms with Gasteiger partial charge in [0.05, 0.1) is 11.8 Å². The summed E-state index contributed by atoms with van der Waals surface area (Å²) >= 11 is 0. The number of hydrogen-bond acceptors (Lipinski definition) is 3. The zero-order chi connectivity index (χ0) is 16.2. The van der Waals surface area contributed by atoms with Gasteiger partial charge in [0.2, 0.25) is 0 Å². The molecule has 1 N–H and O–H groups in total. The summed E-state index contributed by atoms with van der Waals surface area (Å²) in [5, 5.41) is 9.16. The van der Waals surface area contributed by atoms with Crippen LogP contribution in [-0.2, 0) is 13.0 Å². The second kappa shape index (κ2) is 6.60. The van der Waals surface area contributed by atoms with Gasteiger partial charge in [0.1, 0.15) is 0 Å². The van der Waals surface area contributed by atoms with Crippen molar-refractivity contribution in [2.24, 2.45) is 0 Å². The van der Waals surface area contributed by atoms with Crippen LogP contribution in [0.3, 0.4) is 0 Å². The summed E-state index contributed by atoms with van der Waals surface area (Å²) in [6.07, 6.45) is 7.05. The van der Waals surface area contributed by atoms with Gasteiger partial charge in [-0.3, -0.25) is 14.9 Å². The van der Waals surface area contributed by atoms with Crippen LogP contribution < -0.4 is 0 Å². The molecule has 0 aliphatic heterocycles. The Hall–Kier alpha value is -2.69. The van der Waals surface area contributed by atoms with Gasteiger partial charge in [-0.2, -0.15) is 5.10 Å². The smallest absolute Gasteiger partial charge is 0.257 e. The molecule has 1 amide bonds. The summed E-state index contributed by atoms with van der Waals surface area (Å²) in [6.45, 7) is 2.64. The standard InChI is InChI=1S/C18H20N4O/c1-3-5-17-16(11-20-21-17)18(23)22(2)12-14-7-4-6-13-10-19-9-8-15(13)14/h4,6-11H,3,5,12H2,1-2H3,(H,20,21). The molecule has 0 fully saturated rings. The molecule has 2 heterocycles. The van der Waals surface area contributed by atoms with Crippen molar-refractivity contribution in [1.29, 1.82) is 0 Å². The number of aromatic nitrogens is 3. The maximum Gasteiger partial charge on any atom is 0.257 e. The number of carbonyl (C=O) groups excluding carboxylic acids is 1. The first-order valence-corrected chi connectivity index (χ1v) is 7.80. The van der Waals surface area contributed by atoms with Crippen LogP contribution in [0.1, 0.15) is 35.0 Å². The quantitative estimate of drug-likeness (QED) is 0.787. The molecule has 3 aromatic rings. The van der Waals surface area contributed by atoms with Gasteiger partial charge in [0, 0.05) is 37.1 Å². The van der Waals surface area contributed by atoms with Gasteiger partial charge in [-0.1, -0.05) is 31.5 Å². The fourth-order valence-corrected chi connectivity index (χ4v) is 2.80. The van der Waals surface area contributed by atoms with Gasteiger partial charge < -0.3 is 4.90 Å². The van der Waals surface area contributed by atoms with E-state index in [-0.39, 0.29) is 5.91 Å². The van der Waals surface area contributed by atoms with Gasteiger partial charge in [0.25, 0.3) is 5.91 Å². The largest absolute Gasteiger partial charge is 0.337 e. The molecule has 0 radical (unpaired) electrons. The Morgan fingerprint density at radius 3 is 2.96 bits per heavy atom. The third-order valence-electron chi connectivity index (χ3n) is 3.97. The van der Waals surface area contributed by atoms with Crippen LogP contribution in [0.2, 0.25) is 0 Å². The molecule has 2 aromatic heterocycles. The van der Waals surface area contributed by atoms with E-state index in [0.717, 1.165) is 34.9 Å². The maximum absolute atomic E-state index is 12.7. The average molecular weight is 308 g/mol. The van der Waals surface area contributed by atoms with Gasteiger partial charge in [-0.25, -0.2) is 0 Å². The van der Waals surface area contributed by atoms with Crippen molar-refractivity contribution in [3.63, 3.8) is 0 Å². The molecule has 5 heteroatoms. The topological polar surface area (TPSA) is 61.9 Å². The minimum atomic E-state index is -0.00624. The van der Waals surface area contributed by atoms with E-state index in [1.54, 1.807) is 17.3 Å². The lowest BCUT2D eigenvalue weighted by molar-refractivity contribution is 0.0784. The van der Waals surface area contributed by atoms with Gasteiger partial charge >= 0.3 is 0 Å². The molecule has 23 heavy (non-hydrogen) atoms. The van der Waals surface area contributed by atoms with Crippen molar-refractivity contribution in [1.82, 2.24) is 20.1 Å². The second-order valence-corrected chi connectivity index (χ2v) is 5.69. The molecule has 5 nitrogen and oxygen atoms in total. The molecular weight excluding hydrogens is 288 g/mol. The summed E-state index contributed by atoms with van der Waals surface area (Å²) in [7, 11) is 1.82. The molecule has 0 saturated carbocycles. The Bertz CT molecular complexity index is 819. The number of fused-ring (bicyclic) bond motifs is 1. The third kappa shape index (κ3) is 3.08. The maximum atomic E-state index is 12.7. The highest BCUT2D eigenvalue weighted by atomic mass is 16.2. The van der Waals surface area contributed by atoms with E-state index in [0.29, 0.717) is 12.1 Å². The Kier molecular flexibility index (Phi) is 4.37. The van der Waals surface area contributed by atoms with Crippen molar-refractivity contribution in [2.75, 3.05) is 7.05 Å². The van der Waals surface area contributed by atoms with E-state index >= 15 is 0 Å². The van der Waals surface area contributed by atoms with E-state index in [9.17, 15) is 4.79 Å². The number of hydrogen-bond donors (Lipinski definition) is 1. The number of benzene rings is 1. The molecule has 0 spiro atoms. The monoisotopic (exact) mass is 308 g/mol. The van der Waals surface area contributed by atoms with Crippen molar-refractivity contribution in [2.45, 2.75) is 26.3 Å². The first-order chi connectivity index (χ1) is 11.2. The zero-order valence-corrected chi connectivity index (χ0v) is 13.4. The van der Waals surface area contributed by atoms with Crippen molar-refractivity contribution in [3.8, 4) is 0 Å². The highest BCUT2D eigenvalue weighted by Gasteiger charge is 2.18. The van der Waals surface area contributed by atoms with E-state index in [2.05, 4.69) is 28.2 Å². The zero-order valence-electron chi connectivity index (χ0n) is 13.4. The van der Waals surface area contributed by atoms with Crippen LogP contribution in [0, 0.1) is 0 Å². The fraction of sp³-hybridized carbons (Fsp3) is 0.278. The summed E-state index contributed by atoms with van der Waals surface area (Å²) in [5.41, 5.74) is 2.68. The molecule has 0 aliphatic rings. The number of aromatic amines is 1. The van der Waals surface area contributed by atoms with Crippen molar-refractivity contribution in [3.05, 3.63) is 59.7 Å². The number of aryl methyl sites for hydroxylation is 1. The predicted octanol–water partition coefficient (Wildman–Crippen LogP) is 3.18. The number of carbonyl (C=O) groups is 1. The summed E-state index contributed by atoms with van der Waals surface area (Å²) in [4.78, 5) is 18.6. The number of H-pyrrole nitrogens is 1. The average Bonchev–Trinajstić information content (AvgIpc) is 3.03. The predicted molar refractivity (Wildman–Crippen MR) is 90.1 cm³/mol. The highest BCUT2D eigenvalue weighted by molar-refractivity contribution is 5.95. The van der Waals surface area contributed by atoms with Gasteiger partial charge in [-0.15, -0.1) is 0 Å². The minimum absolute atomic E-state index is 0.00624. The summed E-state index contributed by atoms with van der Waals surface area (Å²) in [5.74, 6) is -0.00624. The molecule has 0 unspecified atom stereocenters. The van der Waals surface area contributed by atoms with Crippen LogP contribution in [-0.4, -0.2) is 33.0 Å². The molecule has 0 atom stereocenters. The Labute approximate surface area is 135 Å². The van der Waals surface area contributed by atoms with Crippen LogP contribution >= 0.6 is 0 Å². The van der Waals surface area contributed by atoms with Gasteiger partial charge in [-0.05, 0) is 23.4 Å². The number of nitrogens with zero attached hydrogens (tertiary/aromatic N) is 3. The lowest BCUT2D eigenvalue weighted by atomic mass is 10.1. The first kappa shape index (κ1) is 15.2. The van der Waals surface area contributed by atoms with Crippen molar-refractivity contribution >= 4 is 16.7 Å². The molecule has 1 aromatic carbocycles. The lowest BCUT2D eigenvalue weighted by Crippen LogP contribution is -2.26. The Morgan fingerprint density at radius 2 is 2.13 bits per heavy atom. The van der Waals surface area contributed by atoms with Crippen LogP contribution in [0.5, 0.6) is 0 Å². The molecule has 0 aliphatic carbocycles. The lowest BCUT2D eigenvalue weighted by Gasteiger charge is -2.18. The first-order valence-electron chi connectivity index (χ1n) is 7.80. The number of pyridine rings is 1. The number of rotatable bonds is 5. The molecular formula is C18H20N4O. The van der Waals surface area contributed by atoms with E-state index < -0.39 is 0 Å². The Balaban J connectivity index is 1.84. The molecule has 0 saturated heterocycles. The second-order valence-electron chi connectivity index (χ2n) is 5.69. The van der Waals surface area contributed by atoms with Gasteiger partial charge in [0.15, 0.2) is 0 Å². The Morgan fingerprint density at radius 1 is 1.26 bits per heavy atom. The minimum Gasteiger partial charge on any atom is -0.337 e. The molecule has 3 rings (SSSR count). The molecule has 0 bridgehead atoms.